The van der Waals surface area contributed by atoms with Gasteiger partial charge in [0.1, 0.15) is 5.69 Å². The summed E-state index contributed by atoms with van der Waals surface area (Å²) in [6.07, 6.45) is 2.02. The molecular formula is C26H30N2O4. The molecule has 0 unspecified atom stereocenters. The summed E-state index contributed by atoms with van der Waals surface area (Å²) in [7, 11) is 0. The Morgan fingerprint density at radius 2 is 1.78 bits per heavy atom. The molecule has 32 heavy (non-hydrogen) atoms. The predicted octanol–water partition coefficient (Wildman–Crippen LogP) is 4.68. The number of esters is 1. The molecule has 2 aromatic carbocycles. The van der Waals surface area contributed by atoms with Crippen LogP contribution in [-0.2, 0) is 22.5 Å². The number of aryl methyl sites for hydroxylation is 2. The number of ketones is 1. The molecule has 0 radical (unpaired) electrons. The molecule has 168 valence electrons. The fourth-order valence-corrected chi connectivity index (χ4v) is 3.52. The van der Waals surface area contributed by atoms with Crippen LogP contribution in [0.5, 0.6) is 0 Å². The Hall–Kier alpha value is -3.28. The van der Waals surface area contributed by atoms with Crippen LogP contribution in [0.25, 0.3) is 11.0 Å². The van der Waals surface area contributed by atoms with Crippen molar-refractivity contribution in [3.8, 4) is 0 Å². The molecule has 0 amide bonds. The van der Waals surface area contributed by atoms with E-state index in [-0.39, 0.29) is 30.8 Å². The van der Waals surface area contributed by atoms with Crippen LogP contribution in [0.15, 0.2) is 53.3 Å². The highest BCUT2D eigenvalue weighted by Gasteiger charge is 2.15. The average molecular weight is 435 g/mol. The SMILES string of the molecule is CCCCn1c(=O)c(CCC(=O)OCC(=O)c2ccc(C(C)C)cc2)nc2ccccc21. The number of benzene rings is 2. The number of carbonyl (C=O) groups excluding carboxylic acids is 2. The topological polar surface area (TPSA) is 78.3 Å². The van der Waals surface area contributed by atoms with Crippen molar-refractivity contribution in [3.05, 3.63) is 75.7 Å². The first-order valence-corrected chi connectivity index (χ1v) is 11.2. The van der Waals surface area contributed by atoms with E-state index in [4.69, 9.17) is 4.74 Å². The van der Waals surface area contributed by atoms with Gasteiger partial charge in [-0.15, -0.1) is 0 Å². The number of hydrogen-bond donors (Lipinski definition) is 0. The highest BCUT2D eigenvalue weighted by molar-refractivity contribution is 5.98. The molecule has 0 bridgehead atoms. The molecule has 0 fully saturated rings. The normalized spacial score (nSPS) is 11.1. The van der Waals surface area contributed by atoms with Crippen LogP contribution in [-0.4, -0.2) is 27.9 Å². The van der Waals surface area contributed by atoms with Crippen LogP contribution in [0.1, 0.15) is 67.6 Å². The van der Waals surface area contributed by atoms with Gasteiger partial charge in [-0.25, -0.2) is 4.98 Å². The van der Waals surface area contributed by atoms with Gasteiger partial charge in [0, 0.05) is 18.5 Å². The van der Waals surface area contributed by atoms with Crippen molar-refractivity contribution in [2.45, 2.75) is 58.9 Å². The molecule has 1 heterocycles. The largest absolute Gasteiger partial charge is 0.457 e. The van der Waals surface area contributed by atoms with E-state index in [2.05, 4.69) is 25.8 Å². The van der Waals surface area contributed by atoms with E-state index in [1.807, 2.05) is 36.4 Å². The zero-order valence-corrected chi connectivity index (χ0v) is 19.0. The van der Waals surface area contributed by atoms with Crippen LogP contribution in [0.3, 0.4) is 0 Å². The van der Waals surface area contributed by atoms with E-state index in [1.54, 1.807) is 16.7 Å². The predicted molar refractivity (Wildman–Crippen MR) is 125 cm³/mol. The van der Waals surface area contributed by atoms with Crippen molar-refractivity contribution in [2.75, 3.05) is 6.61 Å². The standard InChI is InChI=1S/C26H30N2O4/c1-4-5-16-28-23-9-7-6-8-21(23)27-22(26(28)31)14-15-25(30)32-17-24(29)20-12-10-19(11-13-20)18(2)3/h6-13,18H,4-5,14-17H2,1-3H3. The van der Waals surface area contributed by atoms with Crippen LogP contribution >= 0.6 is 0 Å². The minimum atomic E-state index is -0.522. The van der Waals surface area contributed by atoms with Gasteiger partial charge in [0.2, 0.25) is 0 Å². The zero-order valence-electron chi connectivity index (χ0n) is 19.0. The highest BCUT2D eigenvalue weighted by atomic mass is 16.5. The lowest BCUT2D eigenvalue weighted by molar-refractivity contribution is -0.142. The summed E-state index contributed by atoms with van der Waals surface area (Å²) in [4.78, 5) is 41.9. The van der Waals surface area contributed by atoms with Gasteiger partial charge in [-0.05, 0) is 30.0 Å². The van der Waals surface area contributed by atoms with Crippen LogP contribution < -0.4 is 5.56 Å². The third kappa shape index (κ3) is 5.69. The maximum Gasteiger partial charge on any atom is 0.306 e. The Bertz CT molecular complexity index is 1150. The molecule has 6 nitrogen and oxygen atoms in total. The van der Waals surface area contributed by atoms with E-state index in [9.17, 15) is 14.4 Å². The summed E-state index contributed by atoms with van der Waals surface area (Å²) in [5.74, 6) is -0.390. The van der Waals surface area contributed by atoms with E-state index < -0.39 is 5.97 Å². The molecule has 1 aromatic heterocycles. The molecule has 0 spiro atoms. The van der Waals surface area contributed by atoms with Gasteiger partial charge in [0.25, 0.3) is 5.56 Å². The monoisotopic (exact) mass is 434 g/mol. The van der Waals surface area contributed by atoms with E-state index in [0.29, 0.717) is 23.7 Å². The molecule has 3 aromatic rings. The molecule has 0 saturated heterocycles. The summed E-state index contributed by atoms with van der Waals surface area (Å²) < 4.78 is 6.89. The number of fused-ring (bicyclic) bond motifs is 1. The Kier molecular flexibility index (Phi) is 7.92. The minimum Gasteiger partial charge on any atom is -0.457 e. The summed E-state index contributed by atoms with van der Waals surface area (Å²) in [6.45, 7) is 6.54. The smallest absolute Gasteiger partial charge is 0.306 e. The van der Waals surface area contributed by atoms with Crippen molar-refractivity contribution in [1.82, 2.24) is 9.55 Å². The van der Waals surface area contributed by atoms with E-state index in [1.165, 1.54) is 0 Å². The molecule has 0 aliphatic rings. The molecular weight excluding hydrogens is 404 g/mol. The van der Waals surface area contributed by atoms with Gasteiger partial charge < -0.3 is 9.30 Å². The second-order valence-corrected chi connectivity index (χ2v) is 8.22. The first kappa shape index (κ1) is 23.4. The third-order valence-electron chi connectivity index (χ3n) is 5.48. The third-order valence-corrected chi connectivity index (χ3v) is 5.48. The van der Waals surface area contributed by atoms with Crippen LogP contribution in [0, 0.1) is 0 Å². The fraction of sp³-hybridized carbons (Fsp3) is 0.385. The van der Waals surface area contributed by atoms with Crippen molar-refractivity contribution in [1.29, 1.82) is 0 Å². The zero-order chi connectivity index (χ0) is 23.1. The van der Waals surface area contributed by atoms with Crippen LogP contribution in [0.4, 0.5) is 0 Å². The van der Waals surface area contributed by atoms with Crippen molar-refractivity contribution in [2.24, 2.45) is 0 Å². The van der Waals surface area contributed by atoms with Gasteiger partial charge in [-0.3, -0.25) is 14.4 Å². The number of carbonyl (C=O) groups is 2. The number of ether oxygens (including phenoxy) is 1. The first-order chi connectivity index (χ1) is 15.4. The van der Waals surface area contributed by atoms with Crippen molar-refractivity contribution >= 4 is 22.8 Å². The highest BCUT2D eigenvalue weighted by Crippen LogP contribution is 2.15. The minimum absolute atomic E-state index is 0.00603. The number of Topliss-reactive ketones (excluding diaryl/α,β-unsaturated/α-hetero) is 1. The molecule has 0 saturated carbocycles. The molecule has 0 N–H and O–H groups in total. The van der Waals surface area contributed by atoms with Crippen LogP contribution in [0.2, 0.25) is 0 Å². The first-order valence-electron chi connectivity index (χ1n) is 11.2. The Labute approximate surface area is 188 Å². The lowest BCUT2D eigenvalue weighted by Gasteiger charge is -2.12. The lowest BCUT2D eigenvalue weighted by Crippen LogP contribution is -2.26. The summed E-state index contributed by atoms with van der Waals surface area (Å²) in [5.41, 5.74) is 3.35. The summed E-state index contributed by atoms with van der Waals surface area (Å²) in [5, 5.41) is 0. The number of unbranched alkanes of at least 4 members (excludes halogenated alkanes) is 1. The number of nitrogens with zero attached hydrogens (tertiary/aromatic N) is 2. The lowest BCUT2D eigenvalue weighted by atomic mass is 10.0. The number of aromatic nitrogens is 2. The Balaban J connectivity index is 1.62. The molecule has 0 aliphatic heterocycles. The van der Waals surface area contributed by atoms with E-state index >= 15 is 0 Å². The average Bonchev–Trinajstić information content (AvgIpc) is 2.80. The summed E-state index contributed by atoms with van der Waals surface area (Å²) in [6, 6.07) is 14.8. The number of para-hydroxylation sites is 2. The van der Waals surface area contributed by atoms with Crippen molar-refractivity contribution < 1.29 is 14.3 Å². The summed E-state index contributed by atoms with van der Waals surface area (Å²) >= 11 is 0. The molecule has 6 heteroatoms. The molecule has 0 aliphatic carbocycles. The van der Waals surface area contributed by atoms with Gasteiger partial charge in [-0.2, -0.15) is 0 Å². The Morgan fingerprint density at radius 3 is 2.47 bits per heavy atom. The quantitative estimate of drug-likeness (QED) is 0.342. The second-order valence-electron chi connectivity index (χ2n) is 8.22. The Morgan fingerprint density at radius 1 is 1.06 bits per heavy atom. The number of hydrogen-bond acceptors (Lipinski definition) is 5. The van der Waals surface area contributed by atoms with Gasteiger partial charge in [-0.1, -0.05) is 63.6 Å². The molecule has 3 rings (SSSR count). The molecule has 0 atom stereocenters. The number of rotatable bonds is 10. The van der Waals surface area contributed by atoms with Gasteiger partial charge >= 0.3 is 5.97 Å². The van der Waals surface area contributed by atoms with E-state index in [0.717, 1.165) is 29.4 Å². The van der Waals surface area contributed by atoms with Gasteiger partial charge in [0.05, 0.1) is 17.5 Å². The fourth-order valence-electron chi connectivity index (χ4n) is 3.52. The van der Waals surface area contributed by atoms with Gasteiger partial charge in [0.15, 0.2) is 12.4 Å². The maximum atomic E-state index is 12.9. The van der Waals surface area contributed by atoms with Crippen molar-refractivity contribution in [3.63, 3.8) is 0 Å². The maximum absolute atomic E-state index is 12.9. The second kappa shape index (κ2) is 10.8.